The molecule has 0 saturated heterocycles. The van der Waals surface area contributed by atoms with Gasteiger partial charge in [0.25, 0.3) is 5.89 Å². The van der Waals surface area contributed by atoms with Crippen LogP contribution in [-0.2, 0) is 11.2 Å². The van der Waals surface area contributed by atoms with Crippen molar-refractivity contribution in [3.63, 3.8) is 0 Å². The molecule has 1 N–H and O–H groups in total. The highest BCUT2D eigenvalue weighted by atomic mass is 16.5. The molecule has 1 aromatic heterocycles. The average molecular weight is 275 g/mol. The second kappa shape index (κ2) is 5.92. The van der Waals surface area contributed by atoms with E-state index in [4.69, 9.17) is 14.0 Å². The fourth-order valence-electron chi connectivity index (χ4n) is 2.11. The second-order valence-corrected chi connectivity index (χ2v) is 4.42. The van der Waals surface area contributed by atoms with Gasteiger partial charge in [-0.25, -0.2) is 0 Å². The van der Waals surface area contributed by atoms with Gasteiger partial charge in [-0.15, -0.1) is 0 Å². The zero-order valence-corrected chi connectivity index (χ0v) is 11.4. The van der Waals surface area contributed by atoms with E-state index in [0.29, 0.717) is 38.0 Å². The molecule has 0 bridgehead atoms. The van der Waals surface area contributed by atoms with Gasteiger partial charge in [0.2, 0.25) is 0 Å². The van der Waals surface area contributed by atoms with E-state index in [-0.39, 0.29) is 0 Å². The predicted molar refractivity (Wildman–Crippen MR) is 73.9 cm³/mol. The molecule has 6 heteroatoms. The fraction of sp³-hybridized carbons (Fsp3) is 0.429. The highest BCUT2D eigenvalue weighted by Crippen LogP contribution is 2.37. The zero-order chi connectivity index (χ0) is 13.8. The maximum atomic E-state index is 5.70. The van der Waals surface area contributed by atoms with Gasteiger partial charge in [0.05, 0.1) is 17.9 Å². The molecule has 1 aliphatic rings. The predicted octanol–water partition coefficient (Wildman–Crippen LogP) is 2.12. The summed E-state index contributed by atoms with van der Waals surface area (Å²) in [5.41, 5.74) is 1.78. The Morgan fingerprint density at radius 2 is 2.35 bits per heavy atom. The first-order valence-corrected chi connectivity index (χ1v) is 6.79. The minimum absolute atomic E-state index is 0.483. The van der Waals surface area contributed by atoms with Crippen molar-refractivity contribution in [2.45, 2.75) is 13.3 Å². The summed E-state index contributed by atoms with van der Waals surface area (Å²) in [6.07, 6.45) is 0.644. The van der Waals surface area contributed by atoms with Gasteiger partial charge < -0.3 is 19.3 Å². The lowest BCUT2D eigenvalue weighted by Gasteiger charge is -2.20. The molecule has 1 aromatic carbocycles. The van der Waals surface area contributed by atoms with Crippen molar-refractivity contribution >= 4 is 5.69 Å². The number of aromatic nitrogens is 2. The van der Waals surface area contributed by atoms with Gasteiger partial charge in [-0.3, -0.25) is 0 Å². The lowest BCUT2D eigenvalue weighted by Crippen LogP contribution is -2.18. The average Bonchev–Trinajstić information content (AvgIpc) is 2.96. The van der Waals surface area contributed by atoms with Crippen LogP contribution in [0.25, 0.3) is 11.5 Å². The van der Waals surface area contributed by atoms with Crippen molar-refractivity contribution < 1.29 is 14.0 Å². The van der Waals surface area contributed by atoms with E-state index in [1.165, 1.54) is 0 Å². The first-order valence-electron chi connectivity index (χ1n) is 6.79. The summed E-state index contributed by atoms with van der Waals surface area (Å²) in [6, 6.07) is 5.84. The van der Waals surface area contributed by atoms with Crippen LogP contribution < -0.4 is 10.1 Å². The van der Waals surface area contributed by atoms with Crippen LogP contribution in [0.2, 0.25) is 0 Å². The molecule has 2 heterocycles. The Balaban J connectivity index is 1.82. The summed E-state index contributed by atoms with van der Waals surface area (Å²) >= 11 is 0. The van der Waals surface area contributed by atoms with Gasteiger partial charge in [-0.2, -0.15) is 4.98 Å². The number of rotatable bonds is 5. The maximum Gasteiger partial charge on any atom is 0.261 e. The van der Waals surface area contributed by atoms with Crippen LogP contribution in [0, 0.1) is 0 Å². The standard InChI is InChI=1S/C14H17N3O3/c1-2-18-8-6-12-16-14(20-17-12)10-4-3-5-11-13(10)19-9-7-15-11/h3-5,15H,2,6-9H2,1H3. The third-order valence-electron chi connectivity index (χ3n) is 3.05. The molecule has 0 atom stereocenters. The first kappa shape index (κ1) is 12.9. The Hall–Kier alpha value is -2.08. The van der Waals surface area contributed by atoms with Crippen molar-refractivity contribution in [2.24, 2.45) is 0 Å². The zero-order valence-electron chi connectivity index (χ0n) is 11.4. The number of hydrogen-bond acceptors (Lipinski definition) is 6. The smallest absolute Gasteiger partial charge is 0.261 e. The summed E-state index contributed by atoms with van der Waals surface area (Å²) in [5.74, 6) is 1.91. The summed E-state index contributed by atoms with van der Waals surface area (Å²) in [5, 5.41) is 7.26. The largest absolute Gasteiger partial charge is 0.489 e. The van der Waals surface area contributed by atoms with Crippen molar-refractivity contribution in [2.75, 3.05) is 31.7 Å². The molecule has 0 unspecified atom stereocenters. The number of nitrogens with one attached hydrogen (secondary N) is 1. The van der Waals surface area contributed by atoms with E-state index in [9.17, 15) is 0 Å². The molecule has 0 amide bonds. The summed E-state index contributed by atoms with van der Waals surface area (Å²) < 4.78 is 16.3. The molecular weight excluding hydrogens is 258 g/mol. The fourth-order valence-corrected chi connectivity index (χ4v) is 2.11. The van der Waals surface area contributed by atoms with Crippen molar-refractivity contribution in [3.05, 3.63) is 24.0 Å². The van der Waals surface area contributed by atoms with E-state index in [0.717, 1.165) is 23.5 Å². The van der Waals surface area contributed by atoms with Crippen molar-refractivity contribution in [1.82, 2.24) is 10.1 Å². The van der Waals surface area contributed by atoms with Crippen LogP contribution in [0.3, 0.4) is 0 Å². The van der Waals surface area contributed by atoms with Crippen LogP contribution in [0.15, 0.2) is 22.7 Å². The number of hydrogen-bond donors (Lipinski definition) is 1. The quantitative estimate of drug-likeness (QED) is 0.843. The maximum absolute atomic E-state index is 5.70. The third kappa shape index (κ3) is 2.60. The number of benzene rings is 1. The monoisotopic (exact) mass is 275 g/mol. The summed E-state index contributed by atoms with van der Waals surface area (Å²) in [4.78, 5) is 4.39. The first-order chi connectivity index (χ1) is 9.88. The van der Waals surface area contributed by atoms with Gasteiger partial charge in [0.1, 0.15) is 6.61 Å². The summed E-state index contributed by atoms with van der Waals surface area (Å²) in [6.45, 7) is 4.69. The third-order valence-corrected chi connectivity index (χ3v) is 3.05. The van der Waals surface area contributed by atoms with Crippen molar-refractivity contribution in [1.29, 1.82) is 0 Å². The van der Waals surface area contributed by atoms with Gasteiger partial charge in [-0.05, 0) is 19.1 Å². The molecule has 20 heavy (non-hydrogen) atoms. The molecular formula is C14H17N3O3. The molecule has 0 spiro atoms. The number of fused-ring (bicyclic) bond motifs is 1. The van der Waals surface area contributed by atoms with E-state index in [1.54, 1.807) is 0 Å². The number of anilines is 1. The lowest BCUT2D eigenvalue weighted by atomic mass is 10.1. The van der Waals surface area contributed by atoms with Crippen LogP contribution in [0.1, 0.15) is 12.7 Å². The van der Waals surface area contributed by atoms with E-state index >= 15 is 0 Å². The second-order valence-electron chi connectivity index (χ2n) is 4.42. The molecule has 3 rings (SSSR count). The lowest BCUT2D eigenvalue weighted by molar-refractivity contribution is 0.149. The van der Waals surface area contributed by atoms with E-state index in [1.807, 2.05) is 25.1 Å². The van der Waals surface area contributed by atoms with Gasteiger partial charge in [0.15, 0.2) is 11.6 Å². The van der Waals surface area contributed by atoms with Crippen LogP contribution in [0.5, 0.6) is 5.75 Å². The molecule has 106 valence electrons. The molecule has 0 saturated carbocycles. The molecule has 1 aliphatic heterocycles. The van der Waals surface area contributed by atoms with E-state index < -0.39 is 0 Å². The minimum atomic E-state index is 0.483. The number of nitrogens with zero attached hydrogens (tertiary/aromatic N) is 2. The van der Waals surface area contributed by atoms with Crippen LogP contribution >= 0.6 is 0 Å². The van der Waals surface area contributed by atoms with Crippen LogP contribution in [0.4, 0.5) is 5.69 Å². The molecule has 2 aromatic rings. The topological polar surface area (TPSA) is 69.4 Å². The van der Waals surface area contributed by atoms with Gasteiger partial charge in [-0.1, -0.05) is 11.2 Å². The SMILES string of the molecule is CCOCCc1noc(-c2cccc3c2OCCN3)n1. The van der Waals surface area contributed by atoms with Crippen molar-refractivity contribution in [3.8, 4) is 17.2 Å². The Kier molecular flexibility index (Phi) is 3.83. The summed E-state index contributed by atoms with van der Waals surface area (Å²) in [7, 11) is 0. The Bertz CT molecular complexity index is 583. The molecule has 0 fully saturated rings. The Morgan fingerprint density at radius 3 is 3.25 bits per heavy atom. The highest BCUT2D eigenvalue weighted by Gasteiger charge is 2.19. The Labute approximate surface area is 117 Å². The minimum Gasteiger partial charge on any atom is -0.489 e. The number of para-hydroxylation sites is 1. The van der Waals surface area contributed by atoms with E-state index in [2.05, 4.69) is 15.5 Å². The molecule has 0 radical (unpaired) electrons. The molecule has 0 aliphatic carbocycles. The Morgan fingerprint density at radius 1 is 1.40 bits per heavy atom. The molecule has 6 nitrogen and oxygen atoms in total. The van der Waals surface area contributed by atoms with Gasteiger partial charge >= 0.3 is 0 Å². The highest BCUT2D eigenvalue weighted by molar-refractivity contribution is 5.74. The normalized spacial score (nSPS) is 13.4. The van der Waals surface area contributed by atoms with Gasteiger partial charge in [0, 0.05) is 19.6 Å². The van der Waals surface area contributed by atoms with Crippen LogP contribution in [-0.4, -0.2) is 36.5 Å². The number of ether oxygens (including phenoxy) is 2.